The molecule has 1 saturated carbocycles. The predicted octanol–water partition coefficient (Wildman–Crippen LogP) is 3.71. The highest BCUT2D eigenvalue weighted by atomic mass is 19.2. The quantitative estimate of drug-likeness (QED) is 0.911. The molecule has 0 aliphatic heterocycles. The van der Waals surface area contributed by atoms with Crippen molar-refractivity contribution in [1.29, 1.82) is 0 Å². The molecule has 0 saturated heterocycles. The van der Waals surface area contributed by atoms with Gasteiger partial charge in [0, 0.05) is 24.3 Å². The highest BCUT2D eigenvalue weighted by molar-refractivity contribution is 5.34. The van der Waals surface area contributed by atoms with E-state index >= 15 is 0 Å². The van der Waals surface area contributed by atoms with Crippen LogP contribution < -0.4 is 10.1 Å². The first-order valence-electron chi connectivity index (χ1n) is 6.94. The maximum absolute atomic E-state index is 13.6. The van der Waals surface area contributed by atoms with Crippen molar-refractivity contribution in [3.05, 3.63) is 53.2 Å². The molecule has 1 aliphatic carbocycles. The Kier molecular flexibility index (Phi) is 3.84. The van der Waals surface area contributed by atoms with Crippen LogP contribution in [0, 0.1) is 18.6 Å². The molecular weight excluding hydrogens is 274 g/mol. The maximum atomic E-state index is 13.6. The summed E-state index contributed by atoms with van der Waals surface area (Å²) >= 11 is 0. The average Bonchev–Trinajstić information content (AvgIpc) is 3.28. The van der Waals surface area contributed by atoms with Gasteiger partial charge in [0.1, 0.15) is 0 Å². The monoisotopic (exact) mass is 290 g/mol. The molecule has 0 spiro atoms. The zero-order valence-electron chi connectivity index (χ0n) is 11.7. The van der Waals surface area contributed by atoms with E-state index in [1.165, 1.54) is 25.0 Å². The Morgan fingerprint density at radius 1 is 1.33 bits per heavy atom. The summed E-state index contributed by atoms with van der Waals surface area (Å²) in [6.45, 7) is 2.59. The number of halogens is 2. The van der Waals surface area contributed by atoms with E-state index in [9.17, 15) is 8.78 Å². The predicted molar refractivity (Wildman–Crippen MR) is 75.3 cm³/mol. The van der Waals surface area contributed by atoms with Crippen LogP contribution in [-0.2, 0) is 6.54 Å². The van der Waals surface area contributed by atoms with E-state index in [1.54, 1.807) is 6.20 Å². The van der Waals surface area contributed by atoms with Crippen molar-refractivity contribution < 1.29 is 13.5 Å². The summed E-state index contributed by atoms with van der Waals surface area (Å²) in [7, 11) is 0. The second-order valence-corrected chi connectivity index (χ2v) is 5.27. The van der Waals surface area contributed by atoms with Crippen LogP contribution in [0.4, 0.5) is 8.78 Å². The molecule has 21 heavy (non-hydrogen) atoms. The first-order chi connectivity index (χ1) is 10.1. The van der Waals surface area contributed by atoms with Gasteiger partial charge in [-0.15, -0.1) is 0 Å². The molecule has 1 fully saturated rings. The van der Waals surface area contributed by atoms with Gasteiger partial charge >= 0.3 is 0 Å². The molecule has 0 unspecified atom stereocenters. The van der Waals surface area contributed by atoms with Gasteiger partial charge in [0.15, 0.2) is 11.6 Å². The van der Waals surface area contributed by atoms with Crippen molar-refractivity contribution in [3.8, 4) is 11.6 Å². The number of pyridine rings is 1. The smallest absolute Gasteiger partial charge is 0.222 e. The highest BCUT2D eigenvalue weighted by Crippen LogP contribution is 2.27. The third-order valence-corrected chi connectivity index (χ3v) is 3.38. The van der Waals surface area contributed by atoms with Gasteiger partial charge in [0.2, 0.25) is 11.7 Å². The van der Waals surface area contributed by atoms with Crippen LogP contribution in [0.5, 0.6) is 11.6 Å². The van der Waals surface area contributed by atoms with Crippen molar-refractivity contribution in [1.82, 2.24) is 10.3 Å². The van der Waals surface area contributed by atoms with Gasteiger partial charge in [0.05, 0.1) is 0 Å². The topological polar surface area (TPSA) is 34.2 Å². The fraction of sp³-hybridized carbons (Fsp3) is 0.312. The van der Waals surface area contributed by atoms with E-state index in [0.29, 0.717) is 6.04 Å². The van der Waals surface area contributed by atoms with E-state index in [0.717, 1.165) is 23.7 Å². The lowest BCUT2D eigenvalue weighted by Gasteiger charge is -2.10. The molecule has 3 rings (SSSR count). The second kappa shape index (κ2) is 5.77. The van der Waals surface area contributed by atoms with E-state index in [2.05, 4.69) is 10.3 Å². The van der Waals surface area contributed by atoms with Gasteiger partial charge in [-0.25, -0.2) is 9.37 Å². The minimum Gasteiger partial charge on any atom is -0.436 e. The van der Waals surface area contributed by atoms with Crippen LogP contribution in [0.3, 0.4) is 0 Å². The summed E-state index contributed by atoms with van der Waals surface area (Å²) < 4.78 is 32.1. The molecule has 1 aromatic carbocycles. The average molecular weight is 290 g/mol. The Bertz CT molecular complexity index is 657. The number of nitrogens with zero attached hydrogens (tertiary/aromatic N) is 1. The van der Waals surface area contributed by atoms with Crippen molar-refractivity contribution >= 4 is 0 Å². The molecule has 1 aliphatic rings. The van der Waals surface area contributed by atoms with Crippen molar-refractivity contribution in [2.75, 3.05) is 0 Å². The number of aryl methyl sites for hydroxylation is 1. The largest absolute Gasteiger partial charge is 0.436 e. The van der Waals surface area contributed by atoms with Crippen LogP contribution in [0.1, 0.15) is 24.0 Å². The summed E-state index contributed by atoms with van der Waals surface area (Å²) in [5.74, 6) is -1.81. The first kappa shape index (κ1) is 13.9. The molecule has 5 heteroatoms. The van der Waals surface area contributed by atoms with E-state index in [4.69, 9.17) is 4.74 Å². The third-order valence-electron chi connectivity index (χ3n) is 3.38. The van der Waals surface area contributed by atoms with Crippen LogP contribution in [0.25, 0.3) is 0 Å². The zero-order chi connectivity index (χ0) is 14.8. The number of benzene rings is 1. The first-order valence-corrected chi connectivity index (χ1v) is 6.94. The summed E-state index contributed by atoms with van der Waals surface area (Å²) in [6.07, 6.45) is 4.15. The molecular formula is C16H16F2N2O. The fourth-order valence-electron chi connectivity index (χ4n) is 2.04. The Morgan fingerprint density at radius 3 is 2.86 bits per heavy atom. The van der Waals surface area contributed by atoms with Gasteiger partial charge in [-0.05, 0) is 43.5 Å². The Labute approximate surface area is 122 Å². The lowest BCUT2D eigenvalue weighted by molar-refractivity contribution is 0.403. The highest BCUT2D eigenvalue weighted by Gasteiger charge is 2.20. The zero-order valence-corrected chi connectivity index (χ0v) is 11.7. The molecule has 110 valence electrons. The van der Waals surface area contributed by atoms with Crippen LogP contribution in [-0.4, -0.2) is 11.0 Å². The number of rotatable bonds is 5. The van der Waals surface area contributed by atoms with Gasteiger partial charge in [-0.1, -0.05) is 6.07 Å². The molecule has 2 aromatic rings. The number of ether oxygens (including phenoxy) is 1. The summed E-state index contributed by atoms with van der Waals surface area (Å²) in [5.41, 5.74) is 1.83. The van der Waals surface area contributed by atoms with E-state index in [1.807, 2.05) is 13.0 Å². The molecule has 0 amide bonds. The third kappa shape index (κ3) is 3.36. The number of hydrogen-bond acceptors (Lipinski definition) is 3. The second-order valence-electron chi connectivity index (χ2n) is 5.27. The van der Waals surface area contributed by atoms with Crippen LogP contribution >= 0.6 is 0 Å². The van der Waals surface area contributed by atoms with Crippen molar-refractivity contribution in [2.24, 2.45) is 0 Å². The minimum atomic E-state index is -1.00. The van der Waals surface area contributed by atoms with Gasteiger partial charge in [0.25, 0.3) is 0 Å². The Balaban J connectivity index is 1.74. The molecule has 1 heterocycles. The van der Waals surface area contributed by atoms with Crippen LogP contribution in [0.2, 0.25) is 0 Å². The Morgan fingerprint density at radius 2 is 2.14 bits per heavy atom. The molecule has 0 bridgehead atoms. The van der Waals surface area contributed by atoms with E-state index < -0.39 is 11.6 Å². The fourth-order valence-corrected chi connectivity index (χ4v) is 2.04. The summed E-state index contributed by atoms with van der Waals surface area (Å²) in [5, 5.41) is 3.40. The molecule has 1 N–H and O–H groups in total. The normalized spacial score (nSPS) is 14.2. The number of nitrogens with one attached hydrogen (secondary N) is 1. The number of hydrogen-bond donors (Lipinski definition) is 1. The SMILES string of the molecule is Cc1cc(CNC2CC2)cnc1Oc1cccc(F)c1F. The molecule has 1 aromatic heterocycles. The lowest BCUT2D eigenvalue weighted by Crippen LogP contribution is -2.15. The summed E-state index contributed by atoms with van der Waals surface area (Å²) in [4.78, 5) is 4.19. The van der Waals surface area contributed by atoms with Gasteiger partial charge < -0.3 is 10.1 Å². The molecule has 0 radical (unpaired) electrons. The van der Waals surface area contributed by atoms with Crippen molar-refractivity contribution in [3.63, 3.8) is 0 Å². The maximum Gasteiger partial charge on any atom is 0.222 e. The molecule has 3 nitrogen and oxygen atoms in total. The van der Waals surface area contributed by atoms with Gasteiger partial charge in [-0.3, -0.25) is 0 Å². The van der Waals surface area contributed by atoms with E-state index in [-0.39, 0.29) is 11.6 Å². The van der Waals surface area contributed by atoms with Crippen LogP contribution in [0.15, 0.2) is 30.5 Å². The minimum absolute atomic E-state index is 0.158. The Hall–Kier alpha value is -2.01. The standard InChI is InChI=1S/C16H16F2N2O/c1-10-7-11(8-19-12-5-6-12)9-20-16(10)21-14-4-2-3-13(17)15(14)18/h2-4,7,9,12,19H,5-6,8H2,1H3. The number of aromatic nitrogens is 1. The van der Waals surface area contributed by atoms with Gasteiger partial charge in [-0.2, -0.15) is 4.39 Å². The van der Waals surface area contributed by atoms with Crippen molar-refractivity contribution in [2.45, 2.75) is 32.4 Å². The molecule has 0 atom stereocenters. The lowest BCUT2D eigenvalue weighted by atomic mass is 10.2. The summed E-state index contributed by atoms with van der Waals surface area (Å²) in [6, 6.07) is 6.39.